The van der Waals surface area contributed by atoms with Crippen LogP contribution in [-0.4, -0.2) is 20.1 Å². The molecule has 0 aliphatic heterocycles. The van der Waals surface area contributed by atoms with Crippen LogP contribution in [0.4, 0.5) is 0 Å². The molecular formula is C3H10Cl5NSi3. The highest BCUT2D eigenvalue weighted by atomic mass is 35.9. The SMILES string of the molecule is C[Si](C)(C)N[Si](Cl)(Cl)[Si](Cl)(Cl)Cl. The van der Waals surface area contributed by atoms with Crippen molar-refractivity contribution in [3.05, 3.63) is 0 Å². The van der Waals surface area contributed by atoms with Gasteiger partial charge in [-0.2, -0.15) is 0 Å². The first-order valence-corrected chi connectivity index (χ1v) is 16.8. The van der Waals surface area contributed by atoms with Crippen LogP contribution in [0.25, 0.3) is 0 Å². The third-order valence-corrected chi connectivity index (χ3v) is 28.8. The van der Waals surface area contributed by atoms with Crippen LogP contribution in [0.2, 0.25) is 19.6 Å². The van der Waals surface area contributed by atoms with Gasteiger partial charge in [0, 0.05) is 0 Å². The molecule has 12 heavy (non-hydrogen) atoms. The first kappa shape index (κ1) is 14.1. The van der Waals surface area contributed by atoms with Gasteiger partial charge in [-0.25, -0.2) is 0 Å². The van der Waals surface area contributed by atoms with Crippen LogP contribution in [0.3, 0.4) is 0 Å². The summed E-state index contributed by atoms with van der Waals surface area (Å²) in [7, 11) is -1.57. The van der Waals surface area contributed by atoms with Gasteiger partial charge in [-0.15, -0.1) is 55.4 Å². The van der Waals surface area contributed by atoms with Gasteiger partial charge in [0.05, 0.1) is 0 Å². The minimum Gasteiger partial charge on any atom is -0.335 e. The summed E-state index contributed by atoms with van der Waals surface area (Å²) in [6, 6.07) is 0. The second-order valence-electron chi connectivity index (χ2n) is 3.45. The van der Waals surface area contributed by atoms with Crippen LogP contribution in [-0.2, 0) is 0 Å². The Morgan fingerprint density at radius 2 is 1.17 bits per heavy atom. The van der Waals surface area contributed by atoms with Crippen molar-refractivity contribution in [2.24, 2.45) is 0 Å². The highest BCUT2D eigenvalue weighted by Gasteiger charge is 2.55. The van der Waals surface area contributed by atoms with Gasteiger partial charge in [0.15, 0.2) is 0 Å². The lowest BCUT2D eigenvalue weighted by Crippen LogP contribution is -2.63. The van der Waals surface area contributed by atoms with Crippen molar-refractivity contribution in [2.75, 3.05) is 0 Å². The maximum Gasteiger partial charge on any atom is 0.375 e. The van der Waals surface area contributed by atoms with Crippen LogP contribution in [0, 0.1) is 0 Å². The molecule has 0 aromatic rings. The second-order valence-corrected chi connectivity index (χ2v) is 31.2. The Kier molecular flexibility index (Phi) is 5.02. The molecule has 0 aliphatic carbocycles. The molecule has 0 fully saturated rings. The largest absolute Gasteiger partial charge is 0.375 e. The van der Waals surface area contributed by atoms with E-state index in [1.54, 1.807) is 0 Å². The number of hydrogen-bond acceptors (Lipinski definition) is 1. The van der Waals surface area contributed by atoms with Gasteiger partial charge in [0.2, 0.25) is 0 Å². The van der Waals surface area contributed by atoms with Crippen molar-refractivity contribution in [1.82, 2.24) is 4.65 Å². The highest BCUT2D eigenvalue weighted by Crippen LogP contribution is 2.35. The summed E-state index contributed by atoms with van der Waals surface area (Å²) in [4.78, 5) is 0. The molecule has 0 amide bonds. The monoisotopic (exact) mass is 319 g/mol. The van der Waals surface area contributed by atoms with Crippen LogP contribution in [0.15, 0.2) is 0 Å². The molecule has 0 saturated carbocycles. The minimum atomic E-state index is -2.98. The van der Waals surface area contributed by atoms with Gasteiger partial charge >= 0.3 is 11.9 Å². The van der Waals surface area contributed by atoms with Crippen molar-refractivity contribution >= 4 is 75.5 Å². The summed E-state index contributed by atoms with van der Waals surface area (Å²) < 4.78 is 3.11. The zero-order valence-corrected chi connectivity index (χ0v) is 13.7. The maximum atomic E-state index is 5.99. The standard InChI is InChI=1S/C3H10Cl5NSi3/c1-10(2,3)9-12(7,8)11(4,5)6/h9H,1-3H3. The first-order chi connectivity index (χ1) is 4.96. The Hall–Kier alpha value is 2.06. The summed E-state index contributed by atoms with van der Waals surface area (Å²) in [6.45, 7) is 6.18. The molecule has 0 rings (SSSR count). The van der Waals surface area contributed by atoms with Crippen LogP contribution < -0.4 is 4.65 Å². The lowest BCUT2D eigenvalue weighted by atomic mass is 11.8. The van der Waals surface area contributed by atoms with Gasteiger partial charge in [0.1, 0.15) is 8.24 Å². The summed E-state index contributed by atoms with van der Waals surface area (Å²) in [5.74, 6) is 0. The van der Waals surface area contributed by atoms with E-state index in [2.05, 4.69) is 24.3 Å². The van der Waals surface area contributed by atoms with Crippen LogP contribution >= 0.6 is 55.4 Å². The summed E-state index contributed by atoms with van der Waals surface area (Å²) >= 11 is 29.3. The molecule has 9 heteroatoms. The van der Waals surface area contributed by atoms with Gasteiger partial charge < -0.3 is 4.65 Å². The first-order valence-electron chi connectivity index (χ1n) is 3.19. The number of nitrogens with one attached hydrogen (secondary N) is 1. The predicted molar refractivity (Wildman–Crippen MR) is 67.3 cm³/mol. The fraction of sp³-hybridized carbons (Fsp3) is 1.00. The molecule has 0 aromatic heterocycles. The molecule has 1 N–H and O–H groups in total. The molecular weight excluding hydrogens is 312 g/mol. The zero-order valence-electron chi connectivity index (χ0n) is 6.89. The molecule has 0 heterocycles. The van der Waals surface area contributed by atoms with E-state index in [1.807, 2.05) is 0 Å². The fourth-order valence-electron chi connectivity index (χ4n) is 0.542. The minimum absolute atomic E-state index is 1.57. The molecule has 0 radical (unpaired) electrons. The lowest BCUT2D eigenvalue weighted by Gasteiger charge is -2.30. The number of hydrogen-bond donors (Lipinski definition) is 1. The van der Waals surface area contributed by atoms with Gasteiger partial charge in [0.25, 0.3) is 0 Å². The van der Waals surface area contributed by atoms with E-state index in [0.717, 1.165) is 0 Å². The molecule has 0 spiro atoms. The Labute approximate surface area is 99.2 Å². The topological polar surface area (TPSA) is 12.0 Å². The van der Waals surface area contributed by atoms with E-state index in [4.69, 9.17) is 55.4 Å². The molecule has 0 bridgehead atoms. The fourth-order valence-corrected chi connectivity index (χ4v) is 18.5. The van der Waals surface area contributed by atoms with Crippen molar-refractivity contribution in [3.63, 3.8) is 0 Å². The Balaban J connectivity index is 4.44. The molecule has 74 valence electrons. The highest BCUT2D eigenvalue weighted by molar-refractivity contribution is 8.02. The van der Waals surface area contributed by atoms with Crippen molar-refractivity contribution in [1.29, 1.82) is 0 Å². The van der Waals surface area contributed by atoms with E-state index in [1.165, 1.54) is 0 Å². The van der Waals surface area contributed by atoms with Crippen LogP contribution in [0.5, 0.6) is 0 Å². The van der Waals surface area contributed by atoms with E-state index in [9.17, 15) is 0 Å². The quantitative estimate of drug-likeness (QED) is 0.619. The summed E-state index contributed by atoms with van der Waals surface area (Å²) in [6.07, 6.45) is -2.85. The number of rotatable bonds is 3. The summed E-state index contributed by atoms with van der Waals surface area (Å²) in [5, 5.41) is 0. The van der Waals surface area contributed by atoms with E-state index >= 15 is 0 Å². The normalized spacial score (nSPS) is 15.0. The average molecular weight is 322 g/mol. The van der Waals surface area contributed by atoms with Gasteiger partial charge in [-0.3, -0.25) is 0 Å². The van der Waals surface area contributed by atoms with Crippen LogP contribution in [0.1, 0.15) is 0 Å². The zero-order chi connectivity index (χ0) is 10.2. The third-order valence-electron chi connectivity index (χ3n) is 0.888. The van der Waals surface area contributed by atoms with E-state index in [0.29, 0.717) is 0 Å². The van der Waals surface area contributed by atoms with Gasteiger partial charge in [-0.05, 0) is 0 Å². The Morgan fingerprint density at radius 1 is 0.833 bits per heavy atom. The van der Waals surface area contributed by atoms with Crippen molar-refractivity contribution in [3.8, 4) is 0 Å². The molecule has 1 nitrogen and oxygen atoms in total. The van der Waals surface area contributed by atoms with Crippen molar-refractivity contribution < 1.29 is 0 Å². The third kappa shape index (κ3) is 5.07. The van der Waals surface area contributed by atoms with Crippen molar-refractivity contribution in [2.45, 2.75) is 19.6 Å². The molecule has 0 atom stereocenters. The molecule has 0 aliphatic rings. The van der Waals surface area contributed by atoms with E-state index < -0.39 is 20.1 Å². The molecule has 0 unspecified atom stereocenters. The summed E-state index contributed by atoms with van der Waals surface area (Å²) in [5.41, 5.74) is -2.98. The van der Waals surface area contributed by atoms with Gasteiger partial charge in [-0.1, -0.05) is 19.6 Å². The molecule has 0 aromatic carbocycles. The smallest absolute Gasteiger partial charge is 0.335 e. The lowest BCUT2D eigenvalue weighted by molar-refractivity contribution is 1.41. The average Bonchev–Trinajstić information content (AvgIpc) is 1.52. The predicted octanol–water partition coefficient (Wildman–Crippen LogP) is 3.56. The molecule has 0 saturated heterocycles. The Bertz CT molecular complexity index is 160. The number of halogens is 5. The van der Waals surface area contributed by atoms with E-state index in [-0.39, 0.29) is 0 Å². The maximum absolute atomic E-state index is 5.99. The second kappa shape index (κ2) is 4.28. The Morgan fingerprint density at radius 3 is 1.25 bits per heavy atom.